The standard InChI is InChI=1S/C9H15NO4/c1-5-6(11)7(10-13)8(12)14-9(2,3)4/h13H,5H2,1-4H3/b10-7-. The predicted molar refractivity (Wildman–Crippen MR) is 50.4 cm³/mol. The zero-order chi connectivity index (χ0) is 11.4. The van der Waals surface area contributed by atoms with Crippen LogP contribution < -0.4 is 0 Å². The van der Waals surface area contributed by atoms with Crippen molar-refractivity contribution < 1.29 is 19.5 Å². The van der Waals surface area contributed by atoms with Gasteiger partial charge in [-0.1, -0.05) is 12.1 Å². The second-order valence-electron chi connectivity index (χ2n) is 3.73. The van der Waals surface area contributed by atoms with E-state index in [1.165, 1.54) is 0 Å². The van der Waals surface area contributed by atoms with Crippen molar-refractivity contribution in [1.29, 1.82) is 0 Å². The van der Waals surface area contributed by atoms with Crippen LogP contribution in [0.3, 0.4) is 0 Å². The Morgan fingerprint density at radius 3 is 2.14 bits per heavy atom. The molecule has 0 atom stereocenters. The molecule has 0 saturated heterocycles. The molecule has 0 unspecified atom stereocenters. The Bertz CT molecular complexity index is 262. The molecule has 0 heterocycles. The molecule has 0 rings (SSSR count). The van der Waals surface area contributed by atoms with Crippen LogP contribution in [0, 0.1) is 0 Å². The van der Waals surface area contributed by atoms with Gasteiger partial charge in [0.1, 0.15) is 5.60 Å². The number of carbonyl (C=O) groups excluding carboxylic acids is 2. The minimum Gasteiger partial charge on any atom is -0.455 e. The summed E-state index contributed by atoms with van der Waals surface area (Å²) in [5.41, 5.74) is -1.26. The Hall–Kier alpha value is -1.39. The highest BCUT2D eigenvalue weighted by atomic mass is 16.6. The minimum atomic E-state index is -0.896. The molecule has 0 spiro atoms. The van der Waals surface area contributed by atoms with Gasteiger partial charge in [0.15, 0.2) is 5.78 Å². The molecule has 0 aromatic carbocycles. The summed E-state index contributed by atoms with van der Waals surface area (Å²) < 4.78 is 4.86. The topological polar surface area (TPSA) is 76.0 Å². The van der Waals surface area contributed by atoms with Crippen molar-refractivity contribution in [3.05, 3.63) is 0 Å². The largest absolute Gasteiger partial charge is 0.455 e. The number of Topliss-reactive ketones (excluding diaryl/α,β-unsaturated/α-hetero) is 1. The zero-order valence-electron chi connectivity index (χ0n) is 8.83. The molecule has 5 nitrogen and oxygen atoms in total. The average Bonchev–Trinajstić information content (AvgIpc) is 2.01. The highest BCUT2D eigenvalue weighted by Gasteiger charge is 2.25. The summed E-state index contributed by atoms with van der Waals surface area (Å²) in [6.45, 7) is 6.56. The van der Waals surface area contributed by atoms with E-state index in [1.807, 2.05) is 0 Å². The van der Waals surface area contributed by atoms with E-state index in [2.05, 4.69) is 5.16 Å². The number of esters is 1. The maximum absolute atomic E-state index is 11.3. The molecule has 0 aliphatic heterocycles. The van der Waals surface area contributed by atoms with Gasteiger partial charge in [0.25, 0.3) is 0 Å². The molecular formula is C9H15NO4. The monoisotopic (exact) mass is 201 g/mol. The highest BCUT2D eigenvalue weighted by Crippen LogP contribution is 2.08. The van der Waals surface area contributed by atoms with Crippen molar-refractivity contribution in [2.75, 3.05) is 0 Å². The molecule has 0 amide bonds. The van der Waals surface area contributed by atoms with Gasteiger partial charge in [0, 0.05) is 6.42 Å². The zero-order valence-corrected chi connectivity index (χ0v) is 8.83. The molecule has 5 heteroatoms. The number of nitrogens with zero attached hydrogens (tertiary/aromatic N) is 1. The van der Waals surface area contributed by atoms with Crippen molar-refractivity contribution in [2.45, 2.75) is 39.7 Å². The van der Waals surface area contributed by atoms with Crippen LogP contribution >= 0.6 is 0 Å². The molecular weight excluding hydrogens is 186 g/mol. The average molecular weight is 201 g/mol. The van der Waals surface area contributed by atoms with Crippen molar-refractivity contribution in [1.82, 2.24) is 0 Å². The molecule has 80 valence electrons. The first-order valence-corrected chi connectivity index (χ1v) is 4.30. The van der Waals surface area contributed by atoms with E-state index in [-0.39, 0.29) is 6.42 Å². The van der Waals surface area contributed by atoms with E-state index in [9.17, 15) is 9.59 Å². The Morgan fingerprint density at radius 2 is 1.86 bits per heavy atom. The Kier molecular flexibility index (Phi) is 4.27. The normalized spacial score (nSPS) is 12.4. The molecule has 0 aliphatic rings. The van der Waals surface area contributed by atoms with Crippen LogP contribution in [0.25, 0.3) is 0 Å². The summed E-state index contributed by atoms with van der Waals surface area (Å²) in [5.74, 6) is -1.44. The molecule has 0 saturated carbocycles. The Balaban J connectivity index is 4.59. The number of ketones is 1. The van der Waals surface area contributed by atoms with E-state index in [1.54, 1.807) is 27.7 Å². The maximum atomic E-state index is 11.3. The van der Waals surface area contributed by atoms with Gasteiger partial charge in [-0.2, -0.15) is 0 Å². The van der Waals surface area contributed by atoms with Crippen molar-refractivity contribution >= 4 is 17.5 Å². The molecule has 0 fully saturated rings. The van der Waals surface area contributed by atoms with E-state index in [4.69, 9.17) is 9.94 Å². The summed E-state index contributed by atoms with van der Waals surface area (Å²) in [4.78, 5) is 22.3. The smallest absolute Gasteiger partial charge is 0.364 e. The molecule has 0 bridgehead atoms. The third-order valence-corrected chi connectivity index (χ3v) is 1.28. The predicted octanol–water partition coefficient (Wildman–Crippen LogP) is 1.14. The van der Waals surface area contributed by atoms with Crippen LogP contribution in [0.4, 0.5) is 0 Å². The van der Waals surface area contributed by atoms with Gasteiger partial charge in [-0.05, 0) is 20.8 Å². The second-order valence-corrected chi connectivity index (χ2v) is 3.73. The van der Waals surface area contributed by atoms with Crippen LogP contribution in [-0.4, -0.2) is 28.3 Å². The lowest BCUT2D eigenvalue weighted by Crippen LogP contribution is -2.32. The molecule has 1 N–H and O–H groups in total. The summed E-state index contributed by atoms with van der Waals surface area (Å²) >= 11 is 0. The lowest BCUT2D eigenvalue weighted by Gasteiger charge is -2.19. The first kappa shape index (κ1) is 12.6. The molecule has 14 heavy (non-hydrogen) atoms. The van der Waals surface area contributed by atoms with Gasteiger partial charge in [-0.15, -0.1) is 0 Å². The number of ether oxygens (including phenoxy) is 1. The number of oxime groups is 1. The fourth-order valence-corrected chi connectivity index (χ4v) is 0.704. The first-order valence-electron chi connectivity index (χ1n) is 4.30. The van der Waals surface area contributed by atoms with E-state index in [0.29, 0.717) is 0 Å². The number of hydrogen-bond acceptors (Lipinski definition) is 5. The fraction of sp³-hybridized carbons (Fsp3) is 0.667. The Labute approximate surface area is 82.7 Å². The van der Waals surface area contributed by atoms with Crippen LogP contribution in [0.1, 0.15) is 34.1 Å². The molecule has 0 aromatic rings. The van der Waals surface area contributed by atoms with Crippen LogP contribution in [0.15, 0.2) is 5.16 Å². The fourth-order valence-electron chi connectivity index (χ4n) is 0.704. The van der Waals surface area contributed by atoms with Gasteiger partial charge in [0.2, 0.25) is 5.71 Å². The molecule has 0 radical (unpaired) electrons. The number of hydrogen-bond donors (Lipinski definition) is 1. The summed E-state index contributed by atoms with van der Waals surface area (Å²) in [5, 5.41) is 11.1. The quantitative estimate of drug-likeness (QED) is 0.244. The number of carbonyl (C=O) groups is 2. The Morgan fingerprint density at radius 1 is 1.36 bits per heavy atom. The summed E-state index contributed by atoms with van der Waals surface area (Å²) in [6, 6.07) is 0. The van der Waals surface area contributed by atoms with Gasteiger partial charge in [-0.3, -0.25) is 4.79 Å². The first-order chi connectivity index (χ1) is 6.31. The summed E-state index contributed by atoms with van der Waals surface area (Å²) in [7, 11) is 0. The van der Waals surface area contributed by atoms with Crippen molar-refractivity contribution in [3.8, 4) is 0 Å². The third kappa shape index (κ3) is 4.02. The van der Waals surface area contributed by atoms with E-state index in [0.717, 1.165) is 0 Å². The lowest BCUT2D eigenvalue weighted by atomic mass is 10.1. The van der Waals surface area contributed by atoms with Crippen molar-refractivity contribution in [3.63, 3.8) is 0 Å². The lowest BCUT2D eigenvalue weighted by molar-refractivity contribution is -0.146. The van der Waals surface area contributed by atoms with Gasteiger partial charge in [0.05, 0.1) is 0 Å². The SMILES string of the molecule is CCC(=O)/C(=N/O)C(=O)OC(C)(C)C. The van der Waals surface area contributed by atoms with Crippen molar-refractivity contribution in [2.24, 2.45) is 5.16 Å². The van der Waals surface area contributed by atoms with Crippen LogP contribution in [0.2, 0.25) is 0 Å². The minimum absolute atomic E-state index is 0.0959. The van der Waals surface area contributed by atoms with Crippen LogP contribution in [-0.2, 0) is 14.3 Å². The number of rotatable bonds is 3. The van der Waals surface area contributed by atoms with E-state index >= 15 is 0 Å². The van der Waals surface area contributed by atoms with E-state index < -0.39 is 23.1 Å². The molecule has 0 aromatic heterocycles. The maximum Gasteiger partial charge on any atom is 0.364 e. The summed E-state index contributed by atoms with van der Waals surface area (Å²) in [6.07, 6.45) is 0.0959. The van der Waals surface area contributed by atoms with Gasteiger partial charge < -0.3 is 9.94 Å². The van der Waals surface area contributed by atoms with Gasteiger partial charge >= 0.3 is 5.97 Å². The third-order valence-electron chi connectivity index (χ3n) is 1.28. The second kappa shape index (κ2) is 4.74. The van der Waals surface area contributed by atoms with Gasteiger partial charge in [-0.25, -0.2) is 4.79 Å². The molecule has 0 aliphatic carbocycles. The van der Waals surface area contributed by atoms with Crippen LogP contribution in [0.5, 0.6) is 0 Å². The highest BCUT2D eigenvalue weighted by molar-refractivity contribution is 6.64.